The summed E-state index contributed by atoms with van der Waals surface area (Å²) in [4.78, 5) is 24.4. The molecular formula is C13H18N2O3S. The molecule has 0 radical (unpaired) electrons. The minimum absolute atomic E-state index is 0.408. The molecule has 6 heteroatoms. The van der Waals surface area contributed by atoms with Gasteiger partial charge in [-0.2, -0.15) is 11.8 Å². The number of carboxylic acids is 1. The molecule has 0 bridgehead atoms. The Hall–Kier alpha value is -1.69. The van der Waals surface area contributed by atoms with Crippen molar-refractivity contribution in [2.24, 2.45) is 0 Å². The van der Waals surface area contributed by atoms with E-state index in [1.54, 1.807) is 30.9 Å². The average molecular weight is 282 g/mol. The molecule has 104 valence electrons. The summed E-state index contributed by atoms with van der Waals surface area (Å²) in [6.07, 6.45) is 2.31. The molecule has 0 saturated heterocycles. The van der Waals surface area contributed by atoms with Gasteiger partial charge in [0.25, 0.3) is 0 Å². The molecule has 19 heavy (non-hydrogen) atoms. The highest BCUT2D eigenvalue weighted by atomic mass is 32.2. The van der Waals surface area contributed by atoms with E-state index in [-0.39, 0.29) is 0 Å². The number of carbonyl (C=O) groups is 2. The smallest absolute Gasteiger partial charge is 0.326 e. The third-order valence-electron chi connectivity index (χ3n) is 2.65. The van der Waals surface area contributed by atoms with Crippen LogP contribution in [0.5, 0.6) is 0 Å². The van der Waals surface area contributed by atoms with E-state index in [0.29, 0.717) is 17.9 Å². The van der Waals surface area contributed by atoms with Crippen LogP contribution in [0.25, 0.3) is 0 Å². The van der Waals surface area contributed by atoms with Crippen LogP contribution in [-0.4, -0.2) is 42.2 Å². The van der Waals surface area contributed by atoms with Crippen LogP contribution in [0.3, 0.4) is 0 Å². The van der Waals surface area contributed by atoms with Gasteiger partial charge in [0.2, 0.25) is 0 Å². The van der Waals surface area contributed by atoms with E-state index in [1.807, 2.05) is 24.5 Å². The number of carbonyl (C=O) groups excluding carboxylic acids is 1. The lowest BCUT2D eigenvalue weighted by Crippen LogP contribution is -2.47. The van der Waals surface area contributed by atoms with E-state index in [2.05, 4.69) is 5.32 Å². The Bertz CT molecular complexity index is 425. The molecule has 1 aromatic rings. The van der Waals surface area contributed by atoms with E-state index in [1.165, 1.54) is 4.90 Å². The third kappa shape index (κ3) is 4.82. The summed E-state index contributed by atoms with van der Waals surface area (Å²) >= 11 is 1.55. The van der Waals surface area contributed by atoms with E-state index >= 15 is 0 Å². The number of para-hydroxylation sites is 1. The first-order chi connectivity index (χ1) is 9.06. The Morgan fingerprint density at radius 1 is 1.37 bits per heavy atom. The molecule has 1 atom stereocenters. The topological polar surface area (TPSA) is 69.6 Å². The summed E-state index contributed by atoms with van der Waals surface area (Å²) in [6.45, 7) is 0. The number of rotatable bonds is 6. The van der Waals surface area contributed by atoms with Crippen LogP contribution in [0.4, 0.5) is 10.5 Å². The molecule has 2 N–H and O–H groups in total. The summed E-state index contributed by atoms with van der Waals surface area (Å²) < 4.78 is 0. The molecule has 0 aliphatic carbocycles. The van der Waals surface area contributed by atoms with Crippen LogP contribution < -0.4 is 10.2 Å². The van der Waals surface area contributed by atoms with Gasteiger partial charge < -0.3 is 10.4 Å². The van der Waals surface area contributed by atoms with Crippen LogP contribution in [0.15, 0.2) is 30.3 Å². The number of hydrogen-bond donors (Lipinski definition) is 2. The quantitative estimate of drug-likeness (QED) is 0.837. The predicted molar refractivity (Wildman–Crippen MR) is 77.8 cm³/mol. The van der Waals surface area contributed by atoms with Crippen LogP contribution in [-0.2, 0) is 4.79 Å². The van der Waals surface area contributed by atoms with Gasteiger partial charge in [-0.15, -0.1) is 0 Å². The van der Waals surface area contributed by atoms with E-state index < -0.39 is 18.0 Å². The maximum Gasteiger partial charge on any atom is 0.326 e. The molecule has 0 saturated carbocycles. The van der Waals surface area contributed by atoms with Crippen LogP contribution in [0, 0.1) is 0 Å². The third-order valence-corrected chi connectivity index (χ3v) is 3.30. The summed E-state index contributed by atoms with van der Waals surface area (Å²) in [5.74, 6) is -0.324. The second kappa shape index (κ2) is 7.68. The molecule has 0 spiro atoms. The van der Waals surface area contributed by atoms with Crippen molar-refractivity contribution < 1.29 is 14.7 Å². The first-order valence-electron chi connectivity index (χ1n) is 5.87. The van der Waals surface area contributed by atoms with Gasteiger partial charge in [-0.3, -0.25) is 4.90 Å². The second-order valence-corrected chi connectivity index (χ2v) is 5.00. The second-order valence-electron chi connectivity index (χ2n) is 4.02. The number of aliphatic carboxylic acids is 1. The van der Waals surface area contributed by atoms with Crippen molar-refractivity contribution in [2.45, 2.75) is 12.5 Å². The standard InChI is InChI=1S/C13H18N2O3S/c1-15(10-6-4-3-5-7-10)13(18)14-11(12(16)17)8-9-19-2/h3-7,11H,8-9H2,1-2H3,(H,14,18)(H,16,17). The zero-order valence-electron chi connectivity index (χ0n) is 11.0. The summed E-state index contributed by atoms with van der Waals surface area (Å²) in [7, 11) is 1.61. The predicted octanol–water partition coefficient (Wildman–Crippen LogP) is 2.04. The van der Waals surface area contributed by atoms with Crippen LogP contribution in [0.2, 0.25) is 0 Å². The minimum atomic E-state index is -1.01. The number of hydrogen-bond acceptors (Lipinski definition) is 3. The molecule has 1 rings (SSSR count). The Morgan fingerprint density at radius 3 is 2.53 bits per heavy atom. The number of carboxylic acid groups (broad SMARTS) is 1. The molecule has 0 aliphatic heterocycles. The van der Waals surface area contributed by atoms with Crippen molar-refractivity contribution in [3.63, 3.8) is 0 Å². The molecule has 5 nitrogen and oxygen atoms in total. The van der Waals surface area contributed by atoms with Crippen LogP contribution >= 0.6 is 11.8 Å². The van der Waals surface area contributed by atoms with Crippen molar-refractivity contribution >= 4 is 29.4 Å². The Labute approximate surface area is 117 Å². The first kappa shape index (κ1) is 15.4. The van der Waals surface area contributed by atoms with Crippen molar-refractivity contribution in [3.05, 3.63) is 30.3 Å². The number of amides is 2. The van der Waals surface area contributed by atoms with Gasteiger partial charge in [0.15, 0.2) is 0 Å². The highest BCUT2D eigenvalue weighted by Crippen LogP contribution is 2.11. The van der Waals surface area contributed by atoms with Crippen molar-refractivity contribution in [1.29, 1.82) is 0 Å². The van der Waals surface area contributed by atoms with Gasteiger partial charge in [-0.25, -0.2) is 9.59 Å². The molecule has 2 amide bonds. The van der Waals surface area contributed by atoms with Gasteiger partial charge in [-0.1, -0.05) is 18.2 Å². The maximum absolute atomic E-state index is 12.0. The van der Waals surface area contributed by atoms with Gasteiger partial charge in [0.05, 0.1) is 0 Å². The number of thioether (sulfide) groups is 1. The van der Waals surface area contributed by atoms with Gasteiger partial charge >= 0.3 is 12.0 Å². The van der Waals surface area contributed by atoms with Gasteiger partial charge in [0, 0.05) is 12.7 Å². The monoisotopic (exact) mass is 282 g/mol. The Kier molecular flexibility index (Phi) is 6.21. The molecule has 0 aromatic heterocycles. The lowest BCUT2D eigenvalue weighted by molar-refractivity contribution is -0.139. The zero-order chi connectivity index (χ0) is 14.3. The van der Waals surface area contributed by atoms with Crippen molar-refractivity contribution in [2.75, 3.05) is 24.0 Å². The number of nitrogens with one attached hydrogen (secondary N) is 1. The summed E-state index contributed by atoms with van der Waals surface area (Å²) in [5.41, 5.74) is 0.717. The molecule has 1 unspecified atom stereocenters. The molecule has 0 heterocycles. The largest absolute Gasteiger partial charge is 0.480 e. The molecule has 0 aliphatic rings. The summed E-state index contributed by atoms with van der Waals surface area (Å²) in [6, 6.07) is 7.80. The maximum atomic E-state index is 12.0. The fraction of sp³-hybridized carbons (Fsp3) is 0.385. The Morgan fingerprint density at radius 2 is 2.00 bits per heavy atom. The highest BCUT2D eigenvalue weighted by molar-refractivity contribution is 7.98. The fourth-order valence-electron chi connectivity index (χ4n) is 1.51. The normalized spacial score (nSPS) is 11.7. The molecule has 0 fully saturated rings. The highest BCUT2D eigenvalue weighted by Gasteiger charge is 2.21. The number of benzene rings is 1. The van der Waals surface area contributed by atoms with Crippen molar-refractivity contribution in [1.82, 2.24) is 5.32 Å². The number of nitrogens with zero attached hydrogens (tertiary/aromatic N) is 1. The average Bonchev–Trinajstić information content (AvgIpc) is 2.43. The van der Waals surface area contributed by atoms with Gasteiger partial charge in [0.1, 0.15) is 6.04 Å². The number of urea groups is 1. The van der Waals surface area contributed by atoms with E-state index in [9.17, 15) is 9.59 Å². The van der Waals surface area contributed by atoms with Crippen molar-refractivity contribution in [3.8, 4) is 0 Å². The number of anilines is 1. The zero-order valence-corrected chi connectivity index (χ0v) is 11.8. The fourth-order valence-corrected chi connectivity index (χ4v) is 1.98. The van der Waals surface area contributed by atoms with Gasteiger partial charge in [-0.05, 0) is 30.6 Å². The van der Waals surface area contributed by atoms with E-state index in [4.69, 9.17) is 5.11 Å². The first-order valence-corrected chi connectivity index (χ1v) is 7.26. The lowest BCUT2D eigenvalue weighted by atomic mass is 10.2. The Balaban J connectivity index is 2.64. The minimum Gasteiger partial charge on any atom is -0.480 e. The van der Waals surface area contributed by atoms with E-state index in [0.717, 1.165) is 0 Å². The summed E-state index contributed by atoms with van der Waals surface area (Å²) in [5, 5.41) is 11.6. The SMILES string of the molecule is CSCCC(NC(=O)N(C)c1ccccc1)C(=O)O. The molecular weight excluding hydrogens is 264 g/mol. The molecule has 1 aromatic carbocycles. The lowest BCUT2D eigenvalue weighted by Gasteiger charge is -2.21. The van der Waals surface area contributed by atoms with Crippen LogP contribution in [0.1, 0.15) is 6.42 Å².